The zero-order valence-electron chi connectivity index (χ0n) is 10.9. The molecule has 94 valence electrons. The highest BCUT2D eigenvalue weighted by Gasteiger charge is 2.43. The maximum absolute atomic E-state index is 9.74. The van der Waals surface area contributed by atoms with Crippen LogP contribution in [0.4, 0.5) is 0 Å². The highest BCUT2D eigenvalue weighted by Crippen LogP contribution is 2.51. The minimum Gasteiger partial charge on any atom is -0.396 e. The predicted molar refractivity (Wildman–Crippen MR) is 68.3 cm³/mol. The number of rotatable bonds is 5. The summed E-state index contributed by atoms with van der Waals surface area (Å²) in [5.41, 5.74) is 0.348. The van der Waals surface area contributed by atoms with Crippen LogP contribution in [0.3, 0.4) is 0 Å². The molecule has 0 radical (unpaired) electrons. The maximum Gasteiger partial charge on any atom is 0.0490 e. The summed E-state index contributed by atoms with van der Waals surface area (Å²) in [6, 6.07) is 0. The molecule has 1 N–H and O–H groups in total. The Labute approximate surface area is 101 Å². The molecule has 0 amide bonds. The second-order valence-corrected chi connectivity index (χ2v) is 6.23. The molecule has 0 aromatic heterocycles. The Bertz CT molecular complexity index is 199. The topological polar surface area (TPSA) is 20.2 Å². The summed E-state index contributed by atoms with van der Waals surface area (Å²) < 4.78 is 0. The highest BCUT2D eigenvalue weighted by atomic mass is 16.3. The smallest absolute Gasteiger partial charge is 0.0490 e. The highest BCUT2D eigenvalue weighted by molar-refractivity contribution is 4.93. The van der Waals surface area contributed by atoms with Gasteiger partial charge in [0.2, 0.25) is 0 Å². The monoisotopic (exact) mass is 224 g/mol. The van der Waals surface area contributed by atoms with Crippen molar-refractivity contribution in [3.8, 4) is 0 Å². The van der Waals surface area contributed by atoms with Crippen LogP contribution in [0.5, 0.6) is 0 Å². The van der Waals surface area contributed by atoms with Gasteiger partial charge in [-0.25, -0.2) is 0 Å². The van der Waals surface area contributed by atoms with Gasteiger partial charge >= 0.3 is 0 Å². The van der Waals surface area contributed by atoms with E-state index in [9.17, 15) is 5.11 Å². The predicted octanol–water partition coefficient (Wildman–Crippen LogP) is 4.15. The molecule has 0 spiro atoms. The van der Waals surface area contributed by atoms with E-state index in [1.165, 1.54) is 64.2 Å². The standard InChI is InChI=1S/C15H28O/c1-2-3-5-13-8-10-15(12-16,11-9-13)14-6-4-7-14/h13-14,16H,2-12H2,1H3. The van der Waals surface area contributed by atoms with Crippen LogP contribution in [-0.4, -0.2) is 11.7 Å². The molecule has 0 aromatic rings. The van der Waals surface area contributed by atoms with Crippen molar-refractivity contribution in [2.75, 3.05) is 6.61 Å². The van der Waals surface area contributed by atoms with E-state index in [2.05, 4.69) is 6.92 Å². The van der Waals surface area contributed by atoms with Crippen LogP contribution in [0.25, 0.3) is 0 Å². The van der Waals surface area contributed by atoms with E-state index in [0.29, 0.717) is 12.0 Å². The van der Waals surface area contributed by atoms with E-state index < -0.39 is 0 Å². The van der Waals surface area contributed by atoms with Gasteiger partial charge in [0.1, 0.15) is 0 Å². The second kappa shape index (κ2) is 5.53. The van der Waals surface area contributed by atoms with Crippen molar-refractivity contribution < 1.29 is 5.11 Å². The van der Waals surface area contributed by atoms with E-state index in [1.807, 2.05) is 0 Å². The summed E-state index contributed by atoms with van der Waals surface area (Å²) in [6.07, 6.45) is 13.7. The van der Waals surface area contributed by atoms with E-state index in [1.54, 1.807) is 0 Å². The molecule has 2 aliphatic carbocycles. The minimum atomic E-state index is 0.348. The molecule has 1 nitrogen and oxygen atoms in total. The van der Waals surface area contributed by atoms with Gasteiger partial charge in [0.25, 0.3) is 0 Å². The number of unbranched alkanes of at least 4 members (excludes halogenated alkanes) is 1. The van der Waals surface area contributed by atoms with Crippen LogP contribution in [0.1, 0.15) is 71.1 Å². The Hall–Kier alpha value is -0.0400. The Morgan fingerprint density at radius 3 is 2.25 bits per heavy atom. The van der Waals surface area contributed by atoms with E-state index >= 15 is 0 Å². The average Bonchev–Trinajstić information content (AvgIpc) is 2.26. The lowest BCUT2D eigenvalue weighted by molar-refractivity contribution is -0.0247. The molecular weight excluding hydrogens is 196 g/mol. The summed E-state index contributed by atoms with van der Waals surface area (Å²) in [7, 11) is 0. The molecule has 0 heterocycles. The average molecular weight is 224 g/mol. The van der Waals surface area contributed by atoms with Crippen molar-refractivity contribution in [1.29, 1.82) is 0 Å². The Morgan fingerprint density at radius 1 is 1.12 bits per heavy atom. The molecule has 0 bridgehead atoms. The lowest BCUT2D eigenvalue weighted by Gasteiger charge is -2.48. The van der Waals surface area contributed by atoms with Gasteiger partial charge in [-0.05, 0) is 55.8 Å². The Morgan fingerprint density at radius 2 is 1.81 bits per heavy atom. The number of aliphatic hydroxyl groups excluding tert-OH is 1. The van der Waals surface area contributed by atoms with E-state index in [-0.39, 0.29) is 0 Å². The van der Waals surface area contributed by atoms with Gasteiger partial charge in [-0.15, -0.1) is 0 Å². The fourth-order valence-corrected chi connectivity index (χ4v) is 3.75. The molecule has 16 heavy (non-hydrogen) atoms. The lowest BCUT2D eigenvalue weighted by atomic mass is 9.58. The summed E-state index contributed by atoms with van der Waals surface area (Å²) in [6.45, 7) is 2.74. The Balaban J connectivity index is 1.81. The van der Waals surface area contributed by atoms with Gasteiger partial charge in [0.05, 0.1) is 0 Å². The normalized spacial score (nSPS) is 36.0. The molecule has 0 atom stereocenters. The second-order valence-electron chi connectivity index (χ2n) is 6.23. The van der Waals surface area contributed by atoms with Crippen molar-refractivity contribution in [3.05, 3.63) is 0 Å². The number of aliphatic hydroxyl groups is 1. The van der Waals surface area contributed by atoms with Gasteiger partial charge in [-0.3, -0.25) is 0 Å². The van der Waals surface area contributed by atoms with Crippen LogP contribution in [-0.2, 0) is 0 Å². The third-order valence-electron chi connectivity index (χ3n) is 5.35. The largest absolute Gasteiger partial charge is 0.396 e. The van der Waals surface area contributed by atoms with Gasteiger partial charge in [-0.1, -0.05) is 32.6 Å². The van der Waals surface area contributed by atoms with Crippen LogP contribution in [0.15, 0.2) is 0 Å². The number of hydrogen-bond acceptors (Lipinski definition) is 1. The molecule has 0 aliphatic heterocycles. The third-order valence-corrected chi connectivity index (χ3v) is 5.35. The first-order valence-electron chi connectivity index (χ1n) is 7.41. The van der Waals surface area contributed by atoms with Crippen molar-refractivity contribution in [2.45, 2.75) is 71.1 Å². The van der Waals surface area contributed by atoms with Crippen molar-refractivity contribution in [1.82, 2.24) is 0 Å². The van der Waals surface area contributed by atoms with Gasteiger partial charge in [0, 0.05) is 6.61 Å². The fourth-order valence-electron chi connectivity index (χ4n) is 3.75. The molecule has 2 rings (SSSR count). The van der Waals surface area contributed by atoms with Crippen LogP contribution < -0.4 is 0 Å². The van der Waals surface area contributed by atoms with Crippen LogP contribution in [0.2, 0.25) is 0 Å². The van der Waals surface area contributed by atoms with Crippen molar-refractivity contribution in [3.63, 3.8) is 0 Å². The summed E-state index contributed by atoms with van der Waals surface area (Å²) in [4.78, 5) is 0. The first-order chi connectivity index (χ1) is 7.80. The molecule has 0 saturated heterocycles. The van der Waals surface area contributed by atoms with E-state index in [4.69, 9.17) is 0 Å². The zero-order valence-corrected chi connectivity index (χ0v) is 10.9. The molecule has 1 heteroatoms. The molecular formula is C15H28O. The molecule has 0 aromatic carbocycles. The molecule has 2 aliphatic rings. The molecule has 2 fully saturated rings. The first kappa shape index (κ1) is 12.4. The summed E-state index contributed by atoms with van der Waals surface area (Å²) >= 11 is 0. The van der Waals surface area contributed by atoms with Crippen LogP contribution in [0, 0.1) is 17.3 Å². The fraction of sp³-hybridized carbons (Fsp3) is 1.00. The maximum atomic E-state index is 9.74. The third kappa shape index (κ3) is 2.45. The van der Waals surface area contributed by atoms with Crippen LogP contribution >= 0.6 is 0 Å². The quantitative estimate of drug-likeness (QED) is 0.744. The van der Waals surface area contributed by atoms with Gasteiger partial charge in [-0.2, -0.15) is 0 Å². The van der Waals surface area contributed by atoms with Crippen molar-refractivity contribution >= 4 is 0 Å². The first-order valence-corrected chi connectivity index (χ1v) is 7.41. The lowest BCUT2D eigenvalue weighted by Crippen LogP contribution is -2.41. The summed E-state index contributed by atoms with van der Waals surface area (Å²) in [5.74, 6) is 1.84. The SMILES string of the molecule is CCCCC1CCC(CO)(C2CCC2)CC1. The summed E-state index contributed by atoms with van der Waals surface area (Å²) in [5, 5.41) is 9.74. The Kier molecular flexibility index (Phi) is 4.29. The van der Waals surface area contributed by atoms with Crippen molar-refractivity contribution in [2.24, 2.45) is 17.3 Å². The minimum absolute atomic E-state index is 0.348. The van der Waals surface area contributed by atoms with E-state index in [0.717, 1.165) is 11.8 Å². The zero-order chi connectivity index (χ0) is 11.4. The molecule has 0 unspecified atom stereocenters. The van der Waals surface area contributed by atoms with Gasteiger partial charge in [0.15, 0.2) is 0 Å². The molecule has 2 saturated carbocycles. The van der Waals surface area contributed by atoms with Gasteiger partial charge < -0.3 is 5.11 Å². The number of hydrogen-bond donors (Lipinski definition) is 1.